The molecule has 0 spiro atoms. The number of anilines is 1. The predicted molar refractivity (Wildman–Crippen MR) is 87.1 cm³/mol. The third-order valence-electron chi connectivity index (χ3n) is 2.78. The highest BCUT2D eigenvalue weighted by atomic mass is 35.5. The van der Waals surface area contributed by atoms with Gasteiger partial charge in [0, 0.05) is 22.2 Å². The molecule has 0 radical (unpaired) electrons. The van der Waals surface area contributed by atoms with E-state index in [0.29, 0.717) is 10.6 Å². The van der Waals surface area contributed by atoms with Crippen molar-refractivity contribution in [2.45, 2.75) is 9.92 Å². The summed E-state index contributed by atoms with van der Waals surface area (Å²) in [5.74, 6) is 0. The highest BCUT2D eigenvalue weighted by molar-refractivity contribution is 7.98. The van der Waals surface area contributed by atoms with Crippen molar-refractivity contribution in [1.29, 1.82) is 0 Å². The normalized spacial score (nSPS) is 11.9. The maximum Gasteiger partial charge on any atom is 0.281 e. The predicted octanol–water partition coefficient (Wildman–Crippen LogP) is 3.57. The van der Waals surface area contributed by atoms with Crippen molar-refractivity contribution >= 4 is 55.4 Å². The van der Waals surface area contributed by atoms with Gasteiger partial charge >= 0.3 is 0 Å². The van der Waals surface area contributed by atoms with Gasteiger partial charge in [0.25, 0.3) is 10.0 Å². The summed E-state index contributed by atoms with van der Waals surface area (Å²) in [5.41, 5.74) is 0.481. The van der Waals surface area contributed by atoms with Gasteiger partial charge in [-0.3, -0.25) is 9.12 Å². The first-order valence-electron chi connectivity index (χ1n) is 5.79. The summed E-state index contributed by atoms with van der Waals surface area (Å²) >= 11 is 8.87. The van der Waals surface area contributed by atoms with Crippen LogP contribution in [0.2, 0.25) is 5.15 Å². The van der Waals surface area contributed by atoms with Crippen molar-refractivity contribution in [2.75, 3.05) is 11.0 Å². The fraction of sp³-hybridized carbons (Fsp3) is 0.0833. The summed E-state index contributed by atoms with van der Waals surface area (Å²) in [7, 11) is -3.80. The lowest BCUT2D eigenvalue weighted by Crippen LogP contribution is -2.15. The van der Waals surface area contributed by atoms with E-state index in [1.807, 2.05) is 18.4 Å². The zero-order valence-electron chi connectivity index (χ0n) is 10.8. The lowest BCUT2D eigenvalue weighted by Gasteiger charge is -2.08. The minimum absolute atomic E-state index is 0.0323. The number of rotatable bonds is 4. The highest BCUT2D eigenvalue weighted by Gasteiger charge is 2.25. The number of halogens is 1. The molecular formula is C12H10ClN3O2S3. The number of sulfonamides is 1. The van der Waals surface area contributed by atoms with Crippen LogP contribution in [0.15, 0.2) is 45.8 Å². The van der Waals surface area contributed by atoms with Gasteiger partial charge in [-0.2, -0.15) is 8.42 Å². The SMILES string of the molecule is CSc1ccc(NS(=O)(=O)c2c(Cl)nc3sccn23)cc1. The molecule has 21 heavy (non-hydrogen) atoms. The van der Waals surface area contributed by atoms with Crippen molar-refractivity contribution in [3.05, 3.63) is 41.0 Å². The molecule has 0 aliphatic rings. The molecule has 3 aromatic rings. The van der Waals surface area contributed by atoms with Crippen LogP contribution in [-0.4, -0.2) is 24.1 Å². The standard InChI is InChI=1S/C12H10ClN3O2S3/c1-19-9-4-2-8(3-5-9)15-21(17,18)11-10(13)14-12-16(11)6-7-20-12/h2-7,15H,1H3. The Hall–Kier alpha value is -1.22. The number of nitrogens with one attached hydrogen (secondary N) is 1. The summed E-state index contributed by atoms with van der Waals surface area (Å²) in [4.78, 5) is 5.63. The second-order valence-corrected chi connectivity index (χ2v) is 7.81. The van der Waals surface area contributed by atoms with Gasteiger partial charge in [-0.15, -0.1) is 23.1 Å². The molecule has 0 bridgehead atoms. The number of benzene rings is 1. The van der Waals surface area contributed by atoms with E-state index in [1.165, 1.54) is 15.7 Å². The van der Waals surface area contributed by atoms with E-state index in [-0.39, 0.29) is 10.2 Å². The molecule has 0 saturated carbocycles. The first-order valence-corrected chi connectivity index (χ1v) is 9.76. The van der Waals surface area contributed by atoms with Gasteiger partial charge in [-0.25, -0.2) is 4.98 Å². The third kappa shape index (κ3) is 2.76. The molecule has 0 saturated heterocycles. The summed E-state index contributed by atoms with van der Waals surface area (Å²) in [5, 5.41) is 1.68. The van der Waals surface area contributed by atoms with Gasteiger partial charge < -0.3 is 0 Å². The average Bonchev–Trinajstić information content (AvgIpc) is 2.98. The minimum Gasteiger partial charge on any atom is -0.278 e. The lowest BCUT2D eigenvalue weighted by atomic mass is 10.3. The van der Waals surface area contributed by atoms with Crippen molar-refractivity contribution in [1.82, 2.24) is 9.38 Å². The second kappa shape index (κ2) is 5.53. The minimum atomic E-state index is -3.80. The van der Waals surface area contributed by atoms with Crippen LogP contribution in [0.3, 0.4) is 0 Å². The lowest BCUT2D eigenvalue weighted by molar-refractivity contribution is 0.596. The Kier molecular flexibility index (Phi) is 3.87. The molecule has 1 N–H and O–H groups in total. The number of fused-ring (bicyclic) bond motifs is 1. The van der Waals surface area contributed by atoms with Gasteiger partial charge in [0.05, 0.1) is 0 Å². The zero-order valence-corrected chi connectivity index (χ0v) is 14.0. The summed E-state index contributed by atoms with van der Waals surface area (Å²) in [6.45, 7) is 0. The number of aromatic nitrogens is 2. The molecule has 0 atom stereocenters. The van der Waals surface area contributed by atoms with E-state index in [4.69, 9.17) is 11.6 Å². The van der Waals surface area contributed by atoms with Crippen LogP contribution >= 0.6 is 34.7 Å². The van der Waals surface area contributed by atoms with E-state index >= 15 is 0 Å². The van der Waals surface area contributed by atoms with Gasteiger partial charge in [-0.1, -0.05) is 11.6 Å². The quantitative estimate of drug-likeness (QED) is 0.723. The molecule has 1 aromatic carbocycles. The molecule has 2 heterocycles. The molecule has 0 fully saturated rings. The Morgan fingerprint density at radius 3 is 2.71 bits per heavy atom. The molecule has 110 valence electrons. The topological polar surface area (TPSA) is 63.5 Å². The van der Waals surface area contributed by atoms with Gasteiger partial charge in [-0.05, 0) is 30.5 Å². The van der Waals surface area contributed by atoms with Crippen LogP contribution in [0.1, 0.15) is 0 Å². The van der Waals surface area contributed by atoms with Crippen LogP contribution in [-0.2, 0) is 10.0 Å². The molecule has 5 nitrogen and oxygen atoms in total. The maximum atomic E-state index is 12.5. The third-order valence-corrected chi connectivity index (χ3v) is 6.05. The fourth-order valence-corrected chi connectivity index (χ4v) is 4.76. The smallest absolute Gasteiger partial charge is 0.278 e. The van der Waals surface area contributed by atoms with Crippen molar-refractivity contribution in [3.8, 4) is 0 Å². The summed E-state index contributed by atoms with van der Waals surface area (Å²) < 4.78 is 29.0. The molecule has 0 aliphatic heterocycles. The highest BCUT2D eigenvalue weighted by Crippen LogP contribution is 2.27. The van der Waals surface area contributed by atoms with Crippen molar-refractivity contribution < 1.29 is 8.42 Å². The summed E-state index contributed by atoms with van der Waals surface area (Å²) in [6, 6.07) is 7.12. The molecular weight excluding hydrogens is 350 g/mol. The van der Waals surface area contributed by atoms with Crippen LogP contribution in [0.4, 0.5) is 5.69 Å². The maximum absolute atomic E-state index is 12.5. The largest absolute Gasteiger partial charge is 0.281 e. The van der Waals surface area contributed by atoms with E-state index in [0.717, 1.165) is 4.90 Å². The second-order valence-electron chi connectivity index (χ2n) is 4.10. The first-order chi connectivity index (χ1) is 10.0. The number of imidazole rings is 1. The molecule has 3 rings (SSSR count). The molecule has 9 heteroatoms. The Labute approximate surface area is 135 Å². The molecule has 2 aromatic heterocycles. The number of thiazole rings is 1. The van der Waals surface area contributed by atoms with Gasteiger partial charge in [0.15, 0.2) is 15.1 Å². The Bertz CT molecular complexity index is 884. The Balaban J connectivity index is 1.99. The number of nitrogens with zero attached hydrogens (tertiary/aromatic N) is 2. The summed E-state index contributed by atoms with van der Waals surface area (Å²) in [6.07, 6.45) is 3.59. The average molecular weight is 360 g/mol. The van der Waals surface area contributed by atoms with Crippen LogP contribution < -0.4 is 4.72 Å². The molecule has 0 amide bonds. The Morgan fingerprint density at radius 2 is 2.05 bits per heavy atom. The monoisotopic (exact) mass is 359 g/mol. The first kappa shape index (κ1) is 14.7. The number of hydrogen-bond acceptors (Lipinski definition) is 5. The Morgan fingerprint density at radius 1 is 1.33 bits per heavy atom. The van der Waals surface area contributed by atoms with Crippen molar-refractivity contribution in [3.63, 3.8) is 0 Å². The van der Waals surface area contributed by atoms with E-state index in [1.54, 1.807) is 35.5 Å². The van der Waals surface area contributed by atoms with Gasteiger partial charge in [0.2, 0.25) is 0 Å². The number of thioether (sulfide) groups is 1. The zero-order chi connectivity index (χ0) is 15.0. The number of hydrogen-bond donors (Lipinski definition) is 1. The molecule has 0 unspecified atom stereocenters. The van der Waals surface area contributed by atoms with E-state index < -0.39 is 10.0 Å². The van der Waals surface area contributed by atoms with Crippen LogP contribution in [0, 0.1) is 0 Å². The molecule has 0 aliphatic carbocycles. The van der Waals surface area contributed by atoms with Crippen molar-refractivity contribution in [2.24, 2.45) is 0 Å². The van der Waals surface area contributed by atoms with Crippen LogP contribution in [0.5, 0.6) is 0 Å². The van der Waals surface area contributed by atoms with E-state index in [9.17, 15) is 8.42 Å². The fourth-order valence-electron chi connectivity index (χ4n) is 1.84. The van der Waals surface area contributed by atoms with Gasteiger partial charge in [0.1, 0.15) is 0 Å². The van der Waals surface area contributed by atoms with Crippen LogP contribution in [0.25, 0.3) is 4.96 Å². The van der Waals surface area contributed by atoms with E-state index in [2.05, 4.69) is 9.71 Å².